The van der Waals surface area contributed by atoms with Crippen molar-refractivity contribution in [2.45, 2.75) is 6.04 Å². The first-order valence-corrected chi connectivity index (χ1v) is 8.93. The molecular formula is C17H19NO3S. The number of hydrogen-bond acceptors (Lipinski definition) is 3. The number of likely N-dealkylation sites (tertiary alicyclic amines) is 1. The summed E-state index contributed by atoms with van der Waals surface area (Å²) in [4.78, 5) is 2.25. The van der Waals surface area contributed by atoms with Crippen LogP contribution in [0.4, 0.5) is 0 Å². The maximum atomic E-state index is 11.0. The largest absolute Gasteiger partial charge is 0.292 e. The third kappa shape index (κ3) is 3.55. The van der Waals surface area contributed by atoms with Crippen molar-refractivity contribution in [1.29, 1.82) is 0 Å². The lowest BCUT2D eigenvalue weighted by Gasteiger charge is -2.44. The van der Waals surface area contributed by atoms with Gasteiger partial charge in [0.1, 0.15) is 0 Å². The number of hydrogen-bond donors (Lipinski definition) is 1. The van der Waals surface area contributed by atoms with Gasteiger partial charge in [0.15, 0.2) is 0 Å². The third-order valence-corrected chi connectivity index (χ3v) is 4.92. The summed E-state index contributed by atoms with van der Waals surface area (Å²) in [7, 11) is -3.89. The second-order valence-corrected chi connectivity index (χ2v) is 7.29. The highest BCUT2D eigenvalue weighted by molar-refractivity contribution is 7.85. The average molecular weight is 317 g/mol. The highest BCUT2D eigenvalue weighted by Crippen LogP contribution is 2.34. The first-order valence-electron chi connectivity index (χ1n) is 7.32. The predicted molar refractivity (Wildman–Crippen MR) is 86.2 cm³/mol. The van der Waals surface area contributed by atoms with Gasteiger partial charge in [0.25, 0.3) is 10.1 Å². The molecule has 0 spiro atoms. The smallest absolute Gasteiger partial charge is 0.265 e. The summed E-state index contributed by atoms with van der Waals surface area (Å²) < 4.78 is 30.9. The highest BCUT2D eigenvalue weighted by atomic mass is 32.2. The summed E-state index contributed by atoms with van der Waals surface area (Å²) in [5.41, 5.74) is 2.39. The van der Waals surface area contributed by atoms with Crippen LogP contribution in [0.5, 0.6) is 0 Å². The Bertz CT molecular complexity index is 671. The lowest BCUT2D eigenvalue weighted by atomic mass is 9.91. The fourth-order valence-corrected chi connectivity index (χ4v) is 3.92. The molecule has 4 nitrogen and oxygen atoms in total. The second-order valence-electron chi connectivity index (χ2n) is 5.79. The monoisotopic (exact) mass is 317 g/mol. The molecule has 3 rings (SSSR count). The summed E-state index contributed by atoms with van der Waals surface area (Å²) >= 11 is 0. The van der Waals surface area contributed by atoms with E-state index < -0.39 is 10.1 Å². The van der Waals surface area contributed by atoms with Crippen LogP contribution in [-0.2, 0) is 10.1 Å². The Balaban J connectivity index is 1.80. The highest BCUT2D eigenvalue weighted by Gasteiger charge is 2.35. The van der Waals surface area contributed by atoms with Gasteiger partial charge in [-0.3, -0.25) is 9.45 Å². The topological polar surface area (TPSA) is 57.6 Å². The number of nitrogens with zero attached hydrogens (tertiary/aromatic N) is 1. The maximum Gasteiger partial charge on any atom is 0.265 e. The van der Waals surface area contributed by atoms with E-state index in [1.54, 1.807) is 0 Å². The standard InChI is InChI=1S/C17H19NO3S/c19-22(20,21)13-14-11-18(12-14)17(15-7-3-1-4-8-15)16-9-5-2-6-10-16/h1-10,14,17H,11-13H2,(H,19,20,21). The first kappa shape index (κ1) is 15.2. The molecule has 1 aliphatic heterocycles. The van der Waals surface area contributed by atoms with Gasteiger partial charge in [-0.1, -0.05) is 60.7 Å². The molecule has 1 heterocycles. The SMILES string of the molecule is O=S(=O)(O)CC1CN(C(c2ccccc2)c2ccccc2)C1. The maximum absolute atomic E-state index is 11.0. The van der Waals surface area contributed by atoms with Crippen molar-refractivity contribution in [2.24, 2.45) is 5.92 Å². The van der Waals surface area contributed by atoms with Crippen LogP contribution < -0.4 is 0 Å². The lowest BCUT2D eigenvalue weighted by molar-refractivity contribution is 0.0803. The molecule has 5 heteroatoms. The minimum absolute atomic E-state index is 0.00456. The van der Waals surface area contributed by atoms with E-state index in [2.05, 4.69) is 29.2 Å². The molecule has 0 atom stereocenters. The van der Waals surface area contributed by atoms with E-state index in [4.69, 9.17) is 4.55 Å². The van der Waals surface area contributed by atoms with Crippen LogP contribution in [-0.4, -0.2) is 36.7 Å². The van der Waals surface area contributed by atoms with Gasteiger partial charge in [0, 0.05) is 19.0 Å². The van der Waals surface area contributed by atoms with Gasteiger partial charge in [-0.15, -0.1) is 0 Å². The lowest BCUT2D eigenvalue weighted by Crippen LogP contribution is -2.51. The van der Waals surface area contributed by atoms with Gasteiger partial charge in [0.05, 0.1) is 11.8 Å². The third-order valence-electron chi connectivity index (χ3n) is 4.03. The fraction of sp³-hybridized carbons (Fsp3) is 0.294. The van der Waals surface area contributed by atoms with Crippen LogP contribution in [0.2, 0.25) is 0 Å². The minimum atomic E-state index is -3.89. The van der Waals surface area contributed by atoms with E-state index >= 15 is 0 Å². The van der Waals surface area contributed by atoms with E-state index in [0.29, 0.717) is 13.1 Å². The molecule has 1 fully saturated rings. The van der Waals surface area contributed by atoms with Crippen LogP contribution in [0.15, 0.2) is 60.7 Å². The number of rotatable bonds is 5. The van der Waals surface area contributed by atoms with E-state index in [1.165, 1.54) is 11.1 Å². The Kier molecular flexibility index (Phi) is 4.29. The average Bonchev–Trinajstić information content (AvgIpc) is 2.46. The van der Waals surface area contributed by atoms with E-state index in [9.17, 15) is 8.42 Å². The molecule has 0 aliphatic carbocycles. The molecule has 0 radical (unpaired) electrons. The summed E-state index contributed by atoms with van der Waals surface area (Å²) in [6.07, 6.45) is 0. The first-order chi connectivity index (χ1) is 10.5. The molecule has 0 unspecified atom stereocenters. The van der Waals surface area contributed by atoms with Gasteiger partial charge in [-0.2, -0.15) is 8.42 Å². The molecule has 22 heavy (non-hydrogen) atoms. The summed E-state index contributed by atoms with van der Waals surface area (Å²) in [6, 6.07) is 20.5. The van der Waals surface area contributed by atoms with Crippen molar-refractivity contribution < 1.29 is 13.0 Å². The zero-order valence-corrected chi connectivity index (χ0v) is 13.0. The van der Waals surface area contributed by atoms with Crippen molar-refractivity contribution in [3.05, 3.63) is 71.8 Å². The summed E-state index contributed by atoms with van der Waals surface area (Å²) in [5.74, 6) is -0.148. The van der Waals surface area contributed by atoms with Crippen molar-refractivity contribution in [3.8, 4) is 0 Å². The van der Waals surface area contributed by atoms with Crippen LogP contribution in [0.1, 0.15) is 17.2 Å². The molecule has 0 aromatic heterocycles. The van der Waals surface area contributed by atoms with Gasteiger partial charge < -0.3 is 0 Å². The second kappa shape index (κ2) is 6.20. The van der Waals surface area contributed by atoms with Crippen molar-refractivity contribution in [3.63, 3.8) is 0 Å². The van der Waals surface area contributed by atoms with E-state index in [0.717, 1.165) is 0 Å². The molecule has 2 aromatic rings. The minimum Gasteiger partial charge on any atom is -0.292 e. The van der Waals surface area contributed by atoms with Crippen molar-refractivity contribution in [1.82, 2.24) is 4.90 Å². The zero-order chi connectivity index (χ0) is 15.6. The van der Waals surface area contributed by atoms with E-state index in [1.807, 2.05) is 36.4 Å². The Morgan fingerprint density at radius 3 is 1.82 bits per heavy atom. The Morgan fingerprint density at radius 1 is 0.955 bits per heavy atom. The Labute approximate surface area is 131 Å². The molecule has 116 valence electrons. The summed E-state index contributed by atoms with van der Waals surface area (Å²) in [5, 5.41) is 0. The molecule has 0 amide bonds. The Hall–Kier alpha value is -1.69. The van der Waals surface area contributed by atoms with E-state index in [-0.39, 0.29) is 17.7 Å². The van der Waals surface area contributed by atoms with Gasteiger partial charge in [-0.25, -0.2) is 0 Å². The van der Waals surface area contributed by atoms with Crippen LogP contribution >= 0.6 is 0 Å². The molecule has 2 aromatic carbocycles. The van der Waals surface area contributed by atoms with Crippen LogP contribution in [0, 0.1) is 5.92 Å². The molecule has 0 saturated carbocycles. The summed E-state index contributed by atoms with van der Waals surface area (Å²) in [6.45, 7) is 1.35. The van der Waals surface area contributed by atoms with Crippen LogP contribution in [0.25, 0.3) is 0 Å². The van der Waals surface area contributed by atoms with Gasteiger partial charge >= 0.3 is 0 Å². The molecule has 1 saturated heterocycles. The van der Waals surface area contributed by atoms with Gasteiger partial charge in [-0.05, 0) is 11.1 Å². The quantitative estimate of drug-likeness (QED) is 0.861. The Morgan fingerprint density at radius 2 is 1.41 bits per heavy atom. The van der Waals surface area contributed by atoms with Crippen molar-refractivity contribution >= 4 is 10.1 Å². The zero-order valence-electron chi connectivity index (χ0n) is 12.2. The fourth-order valence-electron chi connectivity index (χ4n) is 3.11. The molecular weight excluding hydrogens is 298 g/mol. The normalized spacial score (nSPS) is 16.6. The predicted octanol–water partition coefficient (Wildman–Crippen LogP) is 2.60. The van der Waals surface area contributed by atoms with Crippen molar-refractivity contribution in [2.75, 3.05) is 18.8 Å². The molecule has 0 bridgehead atoms. The van der Waals surface area contributed by atoms with Gasteiger partial charge in [0.2, 0.25) is 0 Å². The number of benzene rings is 2. The molecule has 1 N–H and O–H groups in total. The van der Waals surface area contributed by atoms with Crippen LogP contribution in [0.3, 0.4) is 0 Å². The molecule has 1 aliphatic rings.